The van der Waals surface area contributed by atoms with Gasteiger partial charge in [-0.15, -0.1) is 0 Å². The largest absolute Gasteiger partial charge is 0.396 e. The van der Waals surface area contributed by atoms with E-state index >= 15 is 0 Å². The average Bonchev–Trinajstić information content (AvgIpc) is 2.83. The van der Waals surface area contributed by atoms with Gasteiger partial charge in [-0.25, -0.2) is 0 Å². The number of rotatable bonds is 4. The summed E-state index contributed by atoms with van der Waals surface area (Å²) in [6.45, 7) is 8.45. The van der Waals surface area contributed by atoms with Crippen LogP contribution in [0.2, 0.25) is 0 Å². The zero-order valence-corrected chi connectivity index (χ0v) is 15.1. The van der Waals surface area contributed by atoms with Crippen molar-refractivity contribution in [1.29, 1.82) is 0 Å². The molecule has 0 fully saturated rings. The van der Waals surface area contributed by atoms with Gasteiger partial charge in [-0.05, 0) is 58.5 Å². The Hall–Kier alpha value is -0.840. The van der Waals surface area contributed by atoms with Gasteiger partial charge in [0.25, 0.3) is 0 Å². The Labute approximate surface area is 140 Å². The van der Waals surface area contributed by atoms with Crippen molar-refractivity contribution in [3.05, 3.63) is 33.4 Å². The molecule has 2 aromatic rings. The first kappa shape index (κ1) is 16.0. The molecule has 0 bridgehead atoms. The summed E-state index contributed by atoms with van der Waals surface area (Å²) in [5.41, 5.74) is 5.30. The molecular formula is C18H24BrNO2. The molecule has 0 aliphatic carbocycles. The second-order valence-corrected chi connectivity index (χ2v) is 7.14. The highest BCUT2D eigenvalue weighted by atomic mass is 79.9. The van der Waals surface area contributed by atoms with Gasteiger partial charge in [0, 0.05) is 29.4 Å². The highest BCUT2D eigenvalue weighted by molar-refractivity contribution is 9.10. The lowest BCUT2D eigenvalue weighted by molar-refractivity contribution is 0.0206. The molecule has 3 nitrogen and oxygen atoms in total. The first-order valence-corrected chi connectivity index (χ1v) is 8.94. The molecule has 1 unspecified atom stereocenters. The Morgan fingerprint density at radius 3 is 2.82 bits per heavy atom. The van der Waals surface area contributed by atoms with Gasteiger partial charge in [0.15, 0.2) is 0 Å². The Kier molecular flexibility index (Phi) is 4.62. The first-order valence-electron chi connectivity index (χ1n) is 8.15. The molecule has 1 aromatic heterocycles. The molecule has 22 heavy (non-hydrogen) atoms. The summed E-state index contributed by atoms with van der Waals surface area (Å²) >= 11 is 3.78. The standard InChI is InChI=1S/C18H24BrNO2/c1-4-20-17-14(9-12(11(2)3)10-15(17)19)13-6-8-22-16(5-7-21)18(13)20/h9-11,16,21H,4-8H2,1-3H3. The lowest BCUT2D eigenvalue weighted by Crippen LogP contribution is -2.20. The first-order chi connectivity index (χ1) is 10.6. The van der Waals surface area contributed by atoms with Crippen molar-refractivity contribution in [2.75, 3.05) is 13.2 Å². The minimum Gasteiger partial charge on any atom is -0.396 e. The summed E-state index contributed by atoms with van der Waals surface area (Å²) in [5.74, 6) is 0.509. The molecule has 0 radical (unpaired) electrons. The normalized spacial score (nSPS) is 18.2. The van der Waals surface area contributed by atoms with E-state index in [1.807, 2.05) is 0 Å². The quantitative estimate of drug-likeness (QED) is 0.862. The van der Waals surface area contributed by atoms with E-state index in [1.165, 1.54) is 27.7 Å². The van der Waals surface area contributed by atoms with Crippen LogP contribution >= 0.6 is 15.9 Å². The zero-order chi connectivity index (χ0) is 15.9. The number of aromatic nitrogens is 1. The third kappa shape index (κ3) is 2.51. The molecule has 4 heteroatoms. The summed E-state index contributed by atoms with van der Waals surface area (Å²) in [7, 11) is 0. The van der Waals surface area contributed by atoms with Crippen molar-refractivity contribution in [2.45, 2.75) is 52.2 Å². The van der Waals surface area contributed by atoms with Crippen LogP contribution in [0.25, 0.3) is 10.9 Å². The van der Waals surface area contributed by atoms with Crippen LogP contribution in [0.3, 0.4) is 0 Å². The van der Waals surface area contributed by atoms with E-state index in [0.29, 0.717) is 12.3 Å². The highest BCUT2D eigenvalue weighted by Gasteiger charge is 2.28. The molecule has 1 aromatic carbocycles. The van der Waals surface area contributed by atoms with Crippen molar-refractivity contribution >= 4 is 26.8 Å². The van der Waals surface area contributed by atoms with E-state index in [2.05, 4.69) is 53.4 Å². The minimum atomic E-state index is 0.00972. The molecule has 120 valence electrons. The van der Waals surface area contributed by atoms with Crippen molar-refractivity contribution in [3.63, 3.8) is 0 Å². The van der Waals surface area contributed by atoms with Crippen molar-refractivity contribution in [2.24, 2.45) is 0 Å². The fraction of sp³-hybridized carbons (Fsp3) is 0.556. The molecule has 1 atom stereocenters. The third-order valence-electron chi connectivity index (χ3n) is 4.63. The monoisotopic (exact) mass is 365 g/mol. The van der Waals surface area contributed by atoms with Crippen LogP contribution < -0.4 is 0 Å². The van der Waals surface area contributed by atoms with Crippen molar-refractivity contribution in [1.82, 2.24) is 4.57 Å². The van der Waals surface area contributed by atoms with Gasteiger partial charge in [0.2, 0.25) is 0 Å². The van der Waals surface area contributed by atoms with E-state index in [1.54, 1.807) is 0 Å². The topological polar surface area (TPSA) is 34.4 Å². The number of hydrogen-bond donors (Lipinski definition) is 1. The maximum Gasteiger partial charge on any atom is 0.0999 e. The Morgan fingerprint density at radius 2 is 2.18 bits per heavy atom. The van der Waals surface area contributed by atoms with Crippen molar-refractivity contribution in [3.8, 4) is 0 Å². The molecule has 1 N–H and O–H groups in total. The van der Waals surface area contributed by atoms with E-state index in [-0.39, 0.29) is 12.7 Å². The van der Waals surface area contributed by atoms with E-state index in [9.17, 15) is 5.11 Å². The predicted octanol–water partition coefficient (Wildman–Crippen LogP) is 4.54. The fourth-order valence-electron chi connectivity index (χ4n) is 3.56. The van der Waals surface area contributed by atoms with Gasteiger partial charge < -0.3 is 14.4 Å². The predicted molar refractivity (Wildman–Crippen MR) is 93.5 cm³/mol. The van der Waals surface area contributed by atoms with Crippen LogP contribution in [-0.4, -0.2) is 22.9 Å². The Morgan fingerprint density at radius 1 is 1.41 bits per heavy atom. The lowest BCUT2D eigenvalue weighted by Gasteiger charge is -2.25. The Balaban J connectivity index is 2.30. The maximum atomic E-state index is 9.36. The second kappa shape index (κ2) is 6.34. The fourth-order valence-corrected chi connectivity index (χ4v) is 4.25. The van der Waals surface area contributed by atoms with Crippen molar-refractivity contribution < 1.29 is 9.84 Å². The van der Waals surface area contributed by atoms with Crippen LogP contribution in [0.1, 0.15) is 56.0 Å². The van der Waals surface area contributed by atoms with Crippen LogP contribution in [0, 0.1) is 0 Å². The number of aliphatic hydroxyl groups excluding tert-OH is 1. The number of fused-ring (bicyclic) bond motifs is 3. The van der Waals surface area contributed by atoms with Gasteiger partial charge in [0.05, 0.1) is 23.9 Å². The van der Waals surface area contributed by atoms with E-state index in [0.717, 1.165) is 24.0 Å². The van der Waals surface area contributed by atoms with Gasteiger partial charge in [-0.1, -0.05) is 13.8 Å². The molecule has 2 heterocycles. The molecule has 0 amide bonds. The van der Waals surface area contributed by atoms with Gasteiger partial charge >= 0.3 is 0 Å². The number of aryl methyl sites for hydroxylation is 1. The summed E-state index contributed by atoms with van der Waals surface area (Å²) in [6.07, 6.45) is 1.63. The summed E-state index contributed by atoms with van der Waals surface area (Å²) in [4.78, 5) is 0. The molecule has 0 saturated carbocycles. The molecule has 0 saturated heterocycles. The Bertz CT molecular complexity index is 690. The number of halogens is 1. The second-order valence-electron chi connectivity index (χ2n) is 6.28. The van der Waals surface area contributed by atoms with Crippen LogP contribution in [0.15, 0.2) is 16.6 Å². The molecule has 1 aliphatic heterocycles. The summed E-state index contributed by atoms with van der Waals surface area (Å²) in [5, 5.41) is 10.7. The third-order valence-corrected chi connectivity index (χ3v) is 5.24. The van der Waals surface area contributed by atoms with Gasteiger partial charge in [-0.3, -0.25) is 0 Å². The van der Waals surface area contributed by atoms with Crippen LogP contribution in [0.5, 0.6) is 0 Å². The minimum absolute atomic E-state index is 0.00972. The van der Waals surface area contributed by atoms with Gasteiger partial charge in [0.1, 0.15) is 0 Å². The molecule has 0 spiro atoms. The SMILES string of the molecule is CCn1c2c(c3cc(C(C)C)cc(Br)c31)CCOC2CCO. The average molecular weight is 366 g/mol. The van der Waals surface area contributed by atoms with E-state index < -0.39 is 0 Å². The number of hydrogen-bond acceptors (Lipinski definition) is 2. The molecule has 3 rings (SSSR count). The van der Waals surface area contributed by atoms with Gasteiger partial charge in [-0.2, -0.15) is 0 Å². The maximum absolute atomic E-state index is 9.36. The summed E-state index contributed by atoms with van der Waals surface area (Å²) in [6, 6.07) is 4.59. The smallest absolute Gasteiger partial charge is 0.0999 e. The lowest BCUT2D eigenvalue weighted by atomic mass is 9.97. The molecule has 1 aliphatic rings. The summed E-state index contributed by atoms with van der Waals surface area (Å²) < 4.78 is 9.46. The highest BCUT2D eigenvalue weighted by Crippen LogP contribution is 2.41. The zero-order valence-electron chi connectivity index (χ0n) is 13.5. The van der Waals surface area contributed by atoms with Crippen LogP contribution in [0.4, 0.5) is 0 Å². The molecular weight excluding hydrogens is 342 g/mol. The number of aliphatic hydroxyl groups is 1. The number of ether oxygens (including phenoxy) is 1. The number of benzene rings is 1. The van der Waals surface area contributed by atoms with Crippen LogP contribution in [-0.2, 0) is 17.7 Å². The number of nitrogens with zero attached hydrogens (tertiary/aromatic N) is 1. The van der Waals surface area contributed by atoms with E-state index in [4.69, 9.17) is 4.74 Å².